The molecule has 1 atom stereocenters. The predicted molar refractivity (Wildman–Crippen MR) is 185 cm³/mol. The number of carbonyl (C=O) groups excluding carboxylic acids is 2. The van der Waals surface area contributed by atoms with Gasteiger partial charge in [-0.2, -0.15) is 0 Å². The Balaban J connectivity index is 1.21. The Morgan fingerprint density at radius 1 is 0.980 bits per heavy atom. The molecule has 50 heavy (non-hydrogen) atoms. The van der Waals surface area contributed by atoms with Crippen molar-refractivity contribution in [1.29, 1.82) is 0 Å². The fraction of sp³-hybridized carbons (Fsp3) is 0.243. The lowest BCUT2D eigenvalue weighted by molar-refractivity contribution is -0.385. The SMILES string of the molecule is COc1cc(C(C)n2cc(CN(C(=O)OCC3c4ccccc4-c4ccccc43)c3ccccc3)nn2)c([N+](=O)[O-])cc1OCCCC(N)=O. The van der Waals surface area contributed by atoms with Crippen molar-refractivity contribution in [2.24, 2.45) is 5.73 Å². The van der Waals surface area contributed by atoms with E-state index in [0.717, 1.165) is 22.3 Å². The van der Waals surface area contributed by atoms with Crippen LogP contribution in [0.15, 0.2) is 97.2 Å². The maximum absolute atomic E-state index is 13.8. The first kappa shape index (κ1) is 33.7. The largest absolute Gasteiger partial charge is 0.493 e. The van der Waals surface area contributed by atoms with Crippen LogP contribution in [0.2, 0.25) is 0 Å². The highest BCUT2D eigenvalue weighted by atomic mass is 16.6. The highest BCUT2D eigenvalue weighted by molar-refractivity contribution is 5.87. The molecule has 5 aromatic rings. The van der Waals surface area contributed by atoms with E-state index in [9.17, 15) is 19.7 Å². The molecule has 256 valence electrons. The summed E-state index contributed by atoms with van der Waals surface area (Å²) in [5, 5.41) is 20.7. The van der Waals surface area contributed by atoms with Crippen LogP contribution < -0.4 is 20.1 Å². The van der Waals surface area contributed by atoms with Crippen molar-refractivity contribution in [3.05, 3.63) is 130 Å². The standard InChI is InChI=1S/C37H36N6O7/c1-24(31-19-34(48-2)35(20-33(31)43(46)47)49-18-10-17-36(38)44)42-22-25(39-40-42)21-41(26-11-4-3-5-12-26)37(45)50-23-32-29-15-8-6-13-27(29)28-14-7-9-16-30(28)32/h3-9,11-16,19-20,22,24,32H,10,17-18,21,23H2,1-2H3,(H2,38,44). The summed E-state index contributed by atoms with van der Waals surface area (Å²) in [5.41, 5.74) is 10.8. The van der Waals surface area contributed by atoms with Crippen molar-refractivity contribution < 1.29 is 28.7 Å². The molecule has 6 rings (SSSR count). The number of primary amides is 1. The third-order valence-electron chi connectivity index (χ3n) is 8.68. The second-order valence-electron chi connectivity index (χ2n) is 11.8. The second-order valence-corrected chi connectivity index (χ2v) is 11.8. The van der Waals surface area contributed by atoms with Crippen molar-refractivity contribution in [1.82, 2.24) is 15.0 Å². The zero-order valence-electron chi connectivity index (χ0n) is 27.6. The molecule has 1 aliphatic rings. The summed E-state index contributed by atoms with van der Waals surface area (Å²) in [6.07, 6.45) is 1.56. The average Bonchev–Trinajstić information content (AvgIpc) is 3.73. The van der Waals surface area contributed by atoms with E-state index in [4.69, 9.17) is 19.9 Å². The van der Waals surface area contributed by atoms with Gasteiger partial charge in [0.25, 0.3) is 5.69 Å². The molecule has 2 N–H and O–H groups in total. The maximum atomic E-state index is 13.8. The van der Waals surface area contributed by atoms with E-state index < -0.39 is 23.0 Å². The number of carbonyl (C=O) groups is 2. The molecule has 13 nitrogen and oxygen atoms in total. The summed E-state index contributed by atoms with van der Waals surface area (Å²) < 4.78 is 18.6. The lowest BCUT2D eigenvalue weighted by atomic mass is 9.98. The molecule has 1 heterocycles. The molecule has 1 aromatic heterocycles. The minimum absolute atomic E-state index is 0.0386. The maximum Gasteiger partial charge on any atom is 0.414 e. The Hall–Kier alpha value is -6.24. The number of para-hydroxylation sites is 1. The number of nitro benzene ring substituents is 1. The molecule has 1 aliphatic carbocycles. The number of nitrogens with zero attached hydrogens (tertiary/aromatic N) is 5. The van der Waals surface area contributed by atoms with Gasteiger partial charge in [0, 0.05) is 18.0 Å². The first-order valence-corrected chi connectivity index (χ1v) is 16.1. The van der Waals surface area contributed by atoms with Gasteiger partial charge in [0.05, 0.1) is 49.1 Å². The summed E-state index contributed by atoms with van der Waals surface area (Å²) in [6.45, 7) is 2.06. The molecule has 0 saturated heterocycles. The van der Waals surface area contributed by atoms with Crippen molar-refractivity contribution in [3.8, 4) is 22.6 Å². The van der Waals surface area contributed by atoms with Crippen LogP contribution in [0.5, 0.6) is 11.5 Å². The smallest absolute Gasteiger partial charge is 0.414 e. The van der Waals surface area contributed by atoms with Gasteiger partial charge in [0.2, 0.25) is 5.91 Å². The number of nitro groups is 1. The number of ether oxygens (including phenoxy) is 3. The summed E-state index contributed by atoms with van der Waals surface area (Å²) in [4.78, 5) is 38.0. The van der Waals surface area contributed by atoms with Crippen LogP contribution in [0, 0.1) is 10.1 Å². The van der Waals surface area contributed by atoms with Crippen molar-refractivity contribution in [3.63, 3.8) is 0 Å². The number of benzene rings is 4. The Bertz CT molecular complexity index is 1970. The molecule has 0 spiro atoms. The van der Waals surface area contributed by atoms with Crippen LogP contribution in [-0.2, 0) is 16.1 Å². The summed E-state index contributed by atoms with van der Waals surface area (Å²) in [5.74, 6) is -0.124. The van der Waals surface area contributed by atoms with E-state index in [1.165, 1.54) is 28.8 Å². The highest BCUT2D eigenvalue weighted by Gasteiger charge is 2.31. The van der Waals surface area contributed by atoms with E-state index in [1.807, 2.05) is 54.6 Å². The quantitative estimate of drug-likeness (QED) is 0.0795. The number of nitrogens with two attached hydrogens (primary N) is 1. The van der Waals surface area contributed by atoms with Crippen LogP contribution in [-0.4, -0.2) is 52.2 Å². The molecule has 13 heteroatoms. The third kappa shape index (κ3) is 7.11. The van der Waals surface area contributed by atoms with Gasteiger partial charge < -0.3 is 19.9 Å². The van der Waals surface area contributed by atoms with E-state index in [0.29, 0.717) is 23.4 Å². The second kappa shape index (κ2) is 14.9. The first-order chi connectivity index (χ1) is 24.2. The fourth-order valence-electron chi connectivity index (χ4n) is 6.18. The van der Waals surface area contributed by atoms with Gasteiger partial charge in [-0.15, -0.1) is 5.10 Å². The number of hydrogen-bond acceptors (Lipinski definition) is 9. The zero-order chi connectivity index (χ0) is 35.2. The lowest BCUT2D eigenvalue weighted by Crippen LogP contribution is -2.32. The van der Waals surface area contributed by atoms with Gasteiger partial charge in [0.1, 0.15) is 12.3 Å². The molecule has 4 aromatic carbocycles. The number of amides is 2. The van der Waals surface area contributed by atoms with Gasteiger partial charge in [-0.25, -0.2) is 9.48 Å². The van der Waals surface area contributed by atoms with Gasteiger partial charge >= 0.3 is 6.09 Å². The number of aromatic nitrogens is 3. The van der Waals surface area contributed by atoms with Crippen LogP contribution >= 0.6 is 0 Å². The topological polar surface area (TPSA) is 165 Å². The molecule has 1 unspecified atom stereocenters. The molecule has 0 aliphatic heterocycles. The fourth-order valence-corrected chi connectivity index (χ4v) is 6.18. The van der Waals surface area contributed by atoms with Crippen LogP contribution in [0.25, 0.3) is 11.1 Å². The molecule has 2 amide bonds. The van der Waals surface area contributed by atoms with E-state index >= 15 is 0 Å². The number of methoxy groups -OCH3 is 1. The van der Waals surface area contributed by atoms with Gasteiger partial charge in [-0.1, -0.05) is 71.9 Å². The summed E-state index contributed by atoms with van der Waals surface area (Å²) >= 11 is 0. The van der Waals surface area contributed by atoms with Crippen LogP contribution in [0.1, 0.15) is 54.1 Å². The van der Waals surface area contributed by atoms with Crippen molar-refractivity contribution in [2.45, 2.75) is 38.3 Å². The number of anilines is 1. The Labute approximate surface area is 288 Å². The van der Waals surface area contributed by atoms with Crippen molar-refractivity contribution in [2.75, 3.05) is 25.2 Å². The third-order valence-corrected chi connectivity index (χ3v) is 8.68. The molecule has 0 bridgehead atoms. The van der Waals surface area contributed by atoms with Crippen molar-refractivity contribution >= 4 is 23.4 Å². The van der Waals surface area contributed by atoms with Gasteiger partial charge in [-0.05, 0) is 53.8 Å². The average molecular weight is 677 g/mol. The number of hydrogen-bond donors (Lipinski definition) is 1. The highest BCUT2D eigenvalue weighted by Crippen LogP contribution is 2.44. The molecule has 0 fully saturated rings. The Morgan fingerprint density at radius 3 is 2.28 bits per heavy atom. The van der Waals surface area contributed by atoms with E-state index in [1.54, 1.807) is 13.1 Å². The van der Waals surface area contributed by atoms with Crippen LogP contribution in [0.3, 0.4) is 0 Å². The van der Waals surface area contributed by atoms with E-state index in [-0.39, 0.29) is 49.3 Å². The normalized spacial score (nSPS) is 12.4. The van der Waals surface area contributed by atoms with Gasteiger partial charge in [-0.3, -0.25) is 19.8 Å². The minimum Gasteiger partial charge on any atom is -0.493 e. The summed E-state index contributed by atoms with van der Waals surface area (Å²) in [6, 6.07) is 27.6. The molecular formula is C37H36N6O7. The van der Waals surface area contributed by atoms with Gasteiger partial charge in [0.15, 0.2) is 11.5 Å². The number of fused-ring (bicyclic) bond motifs is 3. The Kier molecular flexibility index (Phi) is 10.0. The molecular weight excluding hydrogens is 640 g/mol. The lowest BCUT2D eigenvalue weighted by Gasteiger charge is -2.23. The minimum atomic E-state index is -0.644. The first-order valence-electron chi connectivity index (χ1n) is 16.1. The zero-order valence-corrected chi connectivity index (χ0v) is 27.6. The van der Waals surface area contributed by atoms with E-state index in [2.05, 4.69) is 34.6 Å². The number of rotatable bonds is 14. The summed E-state index contributed by atoms with van der Waals surface area (Å²) in [7, 11) is 1.43. The molecule has 0 saturated carbocycles. The molecule has 0 radical (unpaired) electrons. The van der Waals surface area contributed by atoms with Crippen LogP contribution in [0.4, 0.5) is 16.2 Å². The Morgan fingerprint density at radius 2 is 1.64 bits per heavy atom. The predicted octanol–water partition coefficient (Wildman–Crippen LogP) is 6.40. The monoisotopic (exact) mass is 676 g/mol.